The third kappa shape index (κ3) is 2.99. The third-order valence-electron chi connectivity index (χ3n) is 6.16. The van der Waals surface area contributed by atoms with Gasteiger partial charge < -0.3 is 4.57 Å². The summed E-state index contributed by atoms with van der Waals surface area (Å²) in [7, 11) is 0. The van der Waals surface area contributed by atoms with Crippen LogP contribution in [0.2, 0.25) is 0 Å². The maximum atomic E-state index is 12.9. The summed E-state index contributed by atoms with van der Waals surface area (Å²) in [6.07, 6.45) is 9.32. The Balaban J connectivity index is 1.63. The van der Waals surface area contributed by atoms with Gasteiger partial charge in [0, 0.05) is 23.0 Å². The topological polar surface area (TPSA) is 22.0 Å². The number of aromatic nitrogens is 1. The average Bonchev–Trinajstić information content (AvgIpc) is 3.31. The highest BCUT2D eigenvalue weighted by atomic mass is 16.1. The summed E-state index contributed by atoms with van der Waals surface area (Å²) in [4.78, 5) is 12.9. The smallest absolute Gasteiger partial charge is 0.162 e. The molecule has 1 aromatic carbocycles. The number of Topliss-reactive ketones (excluding diaryl/α,β-unsaturated/α-hetero) is 1. The zero-order chi connectivity index (χ0) is 17.4. The first-order chi connectivity index (χ1) is 12.1. The Labute approximate surface area is 150 Å². The Bertz CT molecular complexity index is 806. The molecular weight excluding hydrogens is 306 g/mol. The quantitative estimate of drug-likeness (QED) is 0.666. The molecule has 2 nitrogen and oxygen atoms in total. The van der Waals surface area contributed by atoms with Gasteiger partial charge in [0.2, 0.25) is 0 Å². The van der Waals surface area contributed by atoms with Crippen molar-refractivity contribution in [2.75, 3.05) is 0 Å². The molecule has 2 saturated carbocycles. The van der Waals surface area contributed by atoms with Crippen molar-refractivity contribution < 1.29 is 4.79 Å². The van der Waals surface area contributed by atoms with Gasteiger partial charge in [-0.25, -0.2) is 0 Å². The number of allylic oxidation sites excluding steroid dienone is 1. The summed E-state index contributed by atoms with van der Waals surface area (Å²) in [5, 5.41) is 0. The van der Waals surface area contributed by atoms with Crippen LogP contribution >= 0.6 is 0 Å². The van der Waals surface area contributed by atoms with Crippen molar-refractivity contribution >= 4 is 11.9 Å². The zero-order valence-corrected chi connectivity index (χ0v) is 15.3. The van der Waals surface area contributed by atoms with E-state index in [4.69, 9.17) is 0 Å². The molecule has 1 atom stereocenters. The predicted molar refractivity (Wildman–Crippen MR) is 103 cm³/mol. The minimum atomic E-state index is 0.298. The van der Waals surface area contributed by atoms with Gasteiger partial charge in [-0.15, -0.1) is 0 Å². The molecule has 0 N–H and O–H groups in total. The zero-order valence-electron chi connectivity index (χ0n) is 15.3. The SMILES string of the molecule is Cc1cc(C=C2CCC(C3CCCC3)C2=O)c(C)n1-c1ccccc1. The molecule has 130 valence electrons. The van der Waals surface area contributed by atoms with Crippen LogP contribution in [0.1, 0.15) is 55.5 Å². The van der Waals surface area contributed by atoms with Crippen molar-refractivity contribution in [1.29, 1.82) is 0 Å². The molecule has 1 heterocycles. The highest BCUT2D eigenvalue weighted by molar-refractivity contribution is 6.03. The van der Waals surface area contributed by atoms with Crippen LogP contribution in [-0.4, -0.2) is 10.4 Å². The van der Waals surface area contributed by atoms with Crippen molar-refractivity contribution in [2.45, 2.75) is 52.4 Å². The Hall–Kier alpha value is -2.09. The first-order valence-corrected chi connectivity index (χ1v) is 9.64. The summed E-state index contributed by atoms with van der Waals surface area (Å²) >= 11 is 0. The molecular formula is C23H27NO. The second-order valence-corrected chi connectivity index (χ2v) is 7.72. The molecule has 0 bridgehead atoms. The molecule has 2 aliphatic rings. The van der Waals surface area contributed by atoms with Gasteiger partial charge in [0.25, 0.3) is 0 Å². The van der Waals surface area contributed by atoms with Crippen molar-refractivity contribution in [3.8, 4) is 5.69 Å². The Kier molecular flexibility index (Phi) is 4.37. The lowest BCUT2D eigenvalue weighted by atomic mass is 9.88. The van der Waals surface area contributed by atoms with E-state index in [1.807, 2.05) is 6.07 Å². The second kappa shape index (κ2) is 6.67. The third-order valence-corrected chi connectivity index (χ3v) is 6.16. The van der Waals surface area contributed by atoms with E-state index in [1.165, 1.54) is 48.3 Å². The molecule has 0 amide bonds. The largest absolute Gasteiger partial charge is 0.318 e. The van der Waals surface area contributed by atoms with Crippen LogP contribution in [0.5, 0.6) is 0 Å². The number of para-hydroxylation sites is 1. The number of rotatable bonds is 3. The second-order valence-electron chi connectivity index (χ2n) is 7.72. The van der Waals surface area contributed by atoms with Gasteiger partial charge >= 0.3 is 0 Å². The fraction of sp³-hybridized carbons (Fsp3) is 0.435. The van der Waals surface area contributed by atoms with Gasteiger partial charge in [-0.3, -0.25) is 4.79 Å². The van der Waals surface area contributed by atoms with Gasteiger partial charge in [-0.1, -0.05) is 31.0 Å². The van der Waals surface area contributed by atoms with Crippen LogP contribution in [0.15, 0.2) is 42.0 Å². The minimum Gasteiger partial charge on any atom is -0.318 e. The van der Waals surface area contributed by atoms with Crippen molar-refractivity contribution in [3.63, 3.8) is 0 Å². The van der Waals surface area contributed by atoms with E-state index in [1.54, 1.807) is 0 Å². The fourth-order valence-corrected chi connectivity index (χ4v) is 4.85. The molecule has 2 fully saturated rings. The molecule has 2 aromatic rings. The Morgan fingerprint density at radius 3 is 2.48 bits per heavy atom. The molecule has 1 unspecified atom stereocenters. The van der Waals surface area contributed by atoms with Gasteiger partial charge in [-0.05, 0) is 80.9 Å². The Morgan fingerprint density at radius 2 is 1.76 bits per heavy atom. The first-order valence-electron chi connectivity index (χ1n) is 9.64. The summed E-state index contributed by atoms with van der Waals surface area (Å²) in [5.41, 5.74) is 5.85. The first kappa shape index (κ1) is 16.4. The van der Waals surface area contributed by atoms with Gasteiger partial charge in [-0.2, -0.15) is 0 Å². The van der Waals surface area contributed by atoms with Crippen molar-refractivity contribution in [2.24, 2.45) is 11.8 Å². The number of hydrogen-bond acceptors (Lipinski definition) is 1. The van der Waals surface area contributed by atoms with Crippen molar-refractivity contribution in [1.82, 2.24) is 4.57 Å². The maximum Gasteiger partial charge on any atom is 0.162 e. The lowest BCUT2D eigenvalue weighted by molar-refractivity contribution is -0.119. The summed E-state index contributed by atoms with van der Waals surface area (Å²) in [5.74, 6) is 1.37. The molecule has 0 spiro atoms. The fourth-order valence-electron chi connectivity index (χ4n) is 4.85. The average molecular weight is 333 g/mol. The van der Waals surface area contributed by atoms with Crippen LogP contribution in [0.4, 0.5) is 0 Å². The number of benzene rings is 1. The van der Waals surface area contributed by atoms with E-state index in [9.17, 15) is 4.79 Å². The number of carbonyl (C=O) groups is 1. The molecule has 2 aliphatic carbocycles. The molecule has 0 aliphatic heterocycles. The van der Waals surface area contributed by atoms with Crippen LogP contribution < -0.4 is 0 Å². The van der Waals surface area contributed by atoms with Crippen molar-refractivity contribution in [3.05, 3.63) is 58.9 Å². The number of hydrogen-bond donors (Lipinski definition) is 0. The summed E-state index contributed by atoms with van der Waals surface area (Å²) < 4.78 is 2.28. The highest BCUT2D eigenvalue weighted by Crippen LogP contribution is 2.41. The van der Waals surface area contributed by atoms with Gasteiger partial charge in [0.05, 0.1) is 0 Å². The van der Waals surface area contributed by atoms with E-state index in [-0.39, 0.29) is 0 Å². The van der Waals surface area contributed by atoms with Gasteiger partial charge in [0.1, 0.15) is 0 Å². The van der Waals surface area contributed by atoms with E-state index in [0.29, 0.717) is 17.6 Å². The monoisotopic (exact) mass is 333 g/mol. The highest BCUT2D eigenvalue weighted by Gasteiger charge is 2.36. The lowest BCUT2D eigenvalue weighted by Crippen LogP contribution is -2.16. The van der Waals surface area contributed by atoms with Crippen LogP contribution in [0.3, 0.4) is 0 Å². The molecule has 0 saturated heterocycles. The van der Waals surface area contributed by atoms with E-state index in [2.05, 4.69) is 54.8 Å². The molecule has 2 heteroatoms. The minimum absolute atomic E-state index is 0.298. The number of aryl methyl sites for hydroxylation is 1. The summed E-state index contributed by atoms with van der Waals surface area (Å²) in [6.45, 7) is 4.29. The standard InChI is InChI=1S/C23H27NO/c1-16-14-20(17(2)24(16)21-10-4-3-5-11-21)15-19-12-13-22(23(19)25)18-8-6-7-9-18/h3-5,10-11,14-15,18,22H,6-9,12-13H2,1-2H3. The van der Waals surface area contributed by atoms with Crippen LogP contribution in [0.25, 0.3) is 11.8 Å². The van der Waals surface area contributed by atoms with E-state index >= 15 is 0 Å². The number of nitrogens with zero attached hydrogens (tertiary/aromatic N) is 1. The van der Waals surface area contributed by atoms with Crippen LogP contribution in [0, 0.1) is 25.7 Å². The summed E-state index contributed by atoms with van der Waals surface area (Å²) in [6, 6.07) is 12.7. The molecule has 4 rings (SSSR count). The lowest BCUT2D eigenvalue weighted by Gasteiger charge is -2.15. The predicted octanol–water partition coefficient (Wildman–Crippen LogP) is 5.65. The maximum absolute atomic E-state index is 12.9. The molecule has 25 heavy (non-hydrogen) atoms. The van der Waals surface area contributed by atoms with Crippen LogP contribution in [-0.2, 0) is 4.79 Å². The van der Waals surface area contributed by atoms with E-state index in [0.717, 1.165) is 18.4 Å². The normalized spacial score (nSPS) is 23.0. The molecule has 1 aromatic heterocycles. The number of ketones is 1. The Morgan fingerprint density at radius 1 is 1.04 bits per heavy atom. The van der Waals surface area contributed by atoms with Gasteiger partial charge in [0.15, 0.2) is 5.78 Å². The van der Waals surface area contributed by atoms with E-state index < -0.39 is 0 Å². The number of carbonyl (C=O) groups excluding carboxylic acids is 1. The molecule has 0 radical (unpaired) electrons.